The van der Waals surface area contributed by atoms with Gasteiger partial charge in [0.15, 0.2) is 0 Å². The van der Waals surface area contributed by atoms with E-state index in [1.807, 2.05) is 13.8 Å². The van der Waals surface area contributed by atoms with Gasteiger partial charge in [-0.1, -0.05) is 20.8 Å². The summed E-state index contributed by atoms with van der Waals surface area (Å²) in [6, 6.07) is -1.20. The van der Waals surface area contributed by atoms with Crippen molar-refractivity contribution in [3.8, 4) is 0 Å². The Morgan fingerprint density at radius 1 is 1.34 bits per heavy atom. The molecule has 158 valence electrons. The maximum atomic E-state index is 12.6. The van der Waals surface area contributed by atoms with Crippen molar-refractivity contribution in [3.63, 3.8) is 0 Å². The first-order valence-electron chi connectivity index (χ1n) is 9.96. The molecule has 1 aromatic heterocycles. The predicted molar refractivity (Wildman–Crippen MR) is 109 cm³/mol. The van der Waals surface area contributed by atoms with E-state index in [0.29, 0.717) is 16.5 Å². The Kier molecular flexibility index (Phi) is 6.26. The number of rotatable bonds is 6. The number of esters is 1. The normalized spacial score (nSPS) is 21.2. The van der Waals surface area contributed by atoms with E-state index in [9.17, 15) is 19.2 Å². The van der Waals surface area contributed by atoms with Gasteiger partial charge in [0.1, 0.15) is 17.6 Å². The van der Waals surface area contributed by atoms with Crippen molar-refractivity contribution in [2.24, 2.45) is 11.8 Å². The van der Waals surface area contributed by atoms with Crippen molar-refractivity contribution >= 4 is 40.2 Å². The number of carbonyl (C=O) groups excluding carboxylic acids is 4. The van der Waals surface area contributed by atoms with Gasteiger partial charge in [-0.25, -0.2) is 9.59 Å². The lowest BCUT2D eigenvalue weighted by molar-refractivity contribution is -0.131. The largest absolute Gasteiger partial charge is 0.462 e. The van der Waals surface area contributed by atoms with Gasteiger partial charge in [0.25, 0.3) is 5.91 Å². The molecule has 0 aromatic carbocycles. The van der Waals surface area contributed by atoms with E-state index >= 15 is 0 Å². The average Bonchev–Trinajstić information content (AvgIpc) is 3.13. The molecule has 2 aliphatic rings. The number of thiophene rings is 1. The summed E-state index contributed by atoms with van der Waals surface area (Å²) in [5, 5.41) is 5.77. The molecule has 9 heteroatoms. The van der Waals surface area contributed by atoms with Crippen molar-refractivity contribution in [1.29, 1.82) is 0 Å². The van der Waals surface area contributed by atoms with Crippen LogP contribution in [0.15, 0.2) is 0 Å². The highest BCUT2D eigenvalue weighted by Crippen LogP contribution is 2.40. The van der Waals surface area contributed by atoms with Gasteiger partial charge in [-0.05, 0) is 43.6 Å². The van der Waals surface area contributed by atoms with Gasteiger partial charge in [-0.2, -0.15) is 0 Å². The Labute approximate surface area is 174 Å². The summed E-state index contributed by atoms with van der Waals surface area (Å²) in [6.45, 7) is 7.40. The molecule has 8 nitrogen and oxygen atoms in total. The van der Waals surface area contributed by atoms with Crippen LogP contribution in [0, 0.1) is 11.8 Å². The fourth-order valence-corrected chi connectivity index (χ4v) is 5.13. The molecule has 2 atom stereocenters. The predicted octanol–water partition coefficient (Wildman–Crippen LogP) is 2.56. The standard InChI is InChI=1S/C20H27N3O5S/c1-5-28-19(26)15-12-7-6-11(4)8-13(12)29-17(15)21-14(24)9-23-18(25)16(10(2)3)22-20(23)27/h10-11,16H,5-9H2,1-4H3,(H,21,24)(H,22,27). The van der Waals surface area contributed by atoms with Gasteiger partial charge in [-0.15, -0.1) is 11.3 Å². The number of imide groups is 1. The number of urea groups is 1. The summed E-state index contributed by atoms with van der Waals surface area (Å²) in [7, 11) is 0. The fourth-order valence-electron chi connectivity index (χ4n) is 3.71. The lowest BCUT2D eigenvalue weighted by Gasteiger charge is -2.18. The van der Waals surface area contributed by atoms with E-state index in [2.05, 4.69) is 17.6 Å². The van der Waals surface area contributed by atoms with Crippen molar-refractivity contribution in [2.75, 3.05) is 18.5 Å². The molecule has 1 saturated heterocycles. The van der Waals surface area contributed by atoms with Crippen LogP contribution in [0.5, 0.6) is 0 Å². The Morgan fingerprint density at radius 2 is 2.07 bits per heavy atom. The molecule has 0 spiro atoms. The quantitative estimate of drug-likeness (QED) is 0.543. The average molecular weight is 422 g/mol. The van der Waals surface area contributed by atoms with Gasteiger partial charge in [0.2, 0.25) is 5.91 Å². The number of hydrogen-bond acceptors (Lipinski definition) is 6. The van der Waals surface area contributed by atoms with Gasteiger partial charge >= 0.3 is 12.0 Å². The molecule has 29 heavy (non-hydrogen) atoms. The molecule has 1 fully saturated rings. The monoisotopic (exact) mass is 421 g/mol. The van der Waals surface area contributed by atoms with Crippen LogP contribution in [0.4, 0.5) is 9.80 Å². The number of nitrogens with one attached hydrogen (secondary N) is 2. The maximum Gasteiger partial charge on any atom is 0.341 e. The summed E-state index contributed by atoms with van der Waals surface area (Å²) in [5.41, 5.74) is 1.35. The van der Waals surface area contributed by atoms with Crippen molar-refractivity contribution < 1.29 is 23.9 Å². The second-order valence-electron chi connectivity index (χ2n) is 7.92. The van der Waals surface area contributed by atoms with Crippen LogP contribution in [0.2, 0.25) is 0 Å². The summed E-state index contributed by atoms with van der Waals surface area (Å²) in [5.74, 6) is -0.940. The highest BCUT2D eigenvalue weighted by atomic mass is 32.1. The smallest absolute Gasteiger partial charge is 0.341 e. The number of ether oxygens (including phenoxy) is 1. The molecule has 1 aromatic rings. The Morgan fingerprint density at radius 3 is 2.69 bits per heavy atom. The minimum Gasteiger partial charge on any atom is -0.462 e. The molecule has 0 saturated carbocycles. The molecule has 0 radical (unpaired) electrons. The summed E-state index contributed by atoms with van der Waals surface area (Å²) in [6.07, 6.45) is 2.59. The van der Waals surface area contributed by atoms with Crippen LogP contribution in [0.1, 0.15) is 54.9 Å². The third kappa shape index (κ3) is 4.29. The molecule has 1 aliphatic heterocycles. The number of hydrogen-bond donors (Lipinski definition) is 2. The number of fused-ring (bicyclic) bond motifs is 1. The second kappa shape index (κ2) is 8.52. The maximum absolute atomic E-state index is 12.6. The Hall–Kier alpha value is -2.42. The van der Waals surface area contributed by atoms with Gasteiger partial charge in [-0.3, -0.25) is 14.5 Å². The topological polar surface area (TPSA) is 105 Å². The molecular weight excluding hydrogens is 394 g/mol. The second-order valence-corrected chi connectivity index (χ2v) is 9.03. The summed E-state index contributed by atoms with van der Waals surface area (Å²) in [4.78, 5) is 51.6. The number of amides is 4. The number of nitrogens with zero attached hydrogens (tertiary/aromatic N) is 1. The first-order valence-corrected chi connectivity index (χ1v) is 10.8. The van der Waals surface area contributed by atoms with Gasteiger partial charge in [0, 0.05) is 4.88 Å². The molecule has 4 amide bonds. The van der Waals surface area contributed by atoms with E-state index in [-0.39, 0.29) is 12.5 Å². The molecule has 1 aliphatic carbocycles. The first-order chi connectivity index (χ1) is 13.7. The molecule has 3 rings (SSSR count). The van der Waals surface area contributed by atoms with Gasteiger partial charge in [0.05, 0.1) is 12.2 Å². The number of carbonyl (C=O) groups is 4. The van der Waals surface area contributed by atoms with E-state index in [0.717, 1.165) is 34.6 Å². The first kappa shape index (κ1) is 21.3. The van der Waals surface area contributed by atoms with Crippen LogP contribution in [-0.4, -0.2) is 47.9 Å². The molecule has 2 heterocycles. The van der Waals surface area contributed by atoms with Gasteiger partial charge < -0.3 is 15.4 Å². The molecule has 2 N–H and O–H groups in total. The molecule has 2 unspecified atom stereocenters. The highest BCUT2D eigenvalue weighted by Gasteiger charge is 2.40. The zero-order valence-electron chi connectivity index (χ0n) is 17.2. The van der Waals surface area contributed by atoms with Crippen LogP contribution in [0.25, 0.3) is 0 Å². The third-order valence-corrected chi connectivity index (χ3v) is 6.44. The lowest BCUT2D eigenvalue weighted by atomic mass is 9.88. The minimum absolute atomic E-state index is 0.0686. The van der Waals surface area contributed by atoms with Crippen molar-refractivity contribution in [2.45, 2.75) is 53.0 Å². The van der Waals surface area contributed by atoms with Crippen LogP contribution < -0.4 is 10.6 Å². The Bertz CT molecular complexity index is 847. The number of anilines is 1. The summed E-state index contributed by atoms with van der Waals surface area (Å²) < 4.78 is 5.20. The Balaban J connectivity index is 1.79. The lowest BCUT2D eigenvalue weighted by Crippen LogP contribution is -2.39. The summed E-state index contributed by atoms with van der Waals surface area (Å²) >= 11 is 1.38. The van der Waals surface area contributed by atoms with E-state index in [1.54, 1.807) is 6.92 Å². The zero-order chi connectivity index (χ0) is 21.3. The third-order valence-electron chi connectivity index (χ3n) is 5.27. The SMILES string of the molecule is CCOC(=O)c1c(NC(=O)CN2C(=O)NC(C(C)C)C2=O)sc2c1CCC(C)C2. The van der Waals surface area contributed by atoms with Crippen molar-refractivity contribution in [3.05, 3.63) is 16.0 Å². The van der Waals surface area contributed by atoms with E-state index in [1.165, 1.54) is 11.3 Å². The van der Waals surface area contributed by atoms with E-state index in [4.69, 9.17) is 4.74 Å². The highest BCUT2D eigenvalue weighted by molar-refractivity contribution is 7.17. The zero-order valence-corrected chi connectivity index (χ0v) is 18.0. The van der Waals surface area contributed by atoms with E-state index < -0.39 is 36.4 Å². The molecule has 0 bridgehead atoms. The van der Waals surface area contributed by atoms with Crippen LogP contribution in [-0.2, 0) is 27.2 Å². The fraction of sp³-hybridized carbons (Fsp3) is 0.600. The van der Waals surface area contributed by atoms with Crippen LogP contribution >= 0.6 is 11.3 Å². The van der Waals surface area contributed by atoms with Crippen LogP contribution in [0.3, 0.4) is 0 Å². The van der Waals surface area contributed by atoms with Crippen molar-refractivity contribution in [1.82, 2.24) is 10.2 Å². The molecular formula is C20H27N3O5S. The minimum atomic E-state index is -0.624.